The van der Waals surface area contributed by atoms with E-state index in [-0.39, 0.29) is 5.91 Å². The molecule has 5 nitrogen and oxygen atoms in total. The van der Waals surface area contributed by atoms with Crippen molar-refractivity contribution in [1.29, 1.82) is 0 Å². The molecule has 2 aromatic carbocycles. The Morgan fingerprint density at radius 2 is 1.77 bits per heavy atom. The molecule has 1 saturated carbocycles. The van der Waals surface area contributed by atoms with Crippen LogP contribution < -0.4 is 10.2 Å². The number of benzene rings is 2. The first-order valence-electron chi connectivity index (χ1n) is 11.3. The molecule has 0 aliphatic heterocycles. The minimum Gasteiger partial charge on any atom is -0.321 e. The van der Waals surface area contributed by atoms with E-state index in [4.69, 9.17) is 0 Å². The van der Waals surface area contributed by atoms with Crippen LogP contribution in [0.5, 0.6) is 0 Å². The number of aryl methyl sites for hydroxylation is 1. The van der Waals surface area contributed by atoms with Gasteiger partial charge in [0.05, 0.1) is 28.8 Å². The fraction of sp³-hybridized carbons (Fsp3) is 0.385. The van der Waals surface area contributed by atoms with E-state index in [0.29, 0.717) is 18.5 Å². The second kappa shape index (κ2) is 9.06. The molecule has 1 amide bonds. The topological polar surface area (TPSA) is 51.4 Å². The van der Waals surface area contributed by atoms with E-state index in [2.05, 4.69) is 48.5 Å². The highest BCUT2D eigenvalue weighted by molar-refractivity contribution is 5.92. The van der Waals surface area contributed by atoms with Crippen molar-refractivity contribution in [1.82, 2.24) is 9.78 Å². The Bertz CT molecular complexity index is 1030. The fourth-order valence-corrected chi connectivity index (χ4v) is 4.16. The second-order valence-electron chi connectivity index (χ2n) is 9.02. The van der Waals surface area contributed by atoms with E-state index in [9.17, 15) is 4.79 Å². The number of aromatic nitrogens is 2. The van der Waals surface area contributed by atoms with Gasteiger partial charge >= 0.3 is 0 Å². The lowest BCUT2D eigenvalue weighted by Gasteiger charge is -2.19. The quantitative estimate of drug-likeness (QED) is 0.586. The summed E-state index contributed by atoms with van der Waals surface area (Å²) in [5.74, 6) is 0.592. The zero-order valence-corrected chi connectivity index (χ0v) is 19.0. The van der Waals surface area contributed by atoms with Crippen molar-refractivity contribution in [3.63, 3.8) is 0 Å². The van der Waals surface area contributed by atoms with Crippen LogP contribution in [0.1, 0.15) is 55.1 Å². The zero-order chi connectivity index (χ0) is 22.0. The van der Waals surface area contributed by atoms with E-state index in [1.54, 1.807) is 0 Å². The predicted molar refractivity (Wildman–Crippen MR) is 125 cm³/mol. The van der Waals surface area contributed by atoms with Crippen molar-refractivity contribution in [3.05, 3.63) is 77.1 Å². The first-order valence-corrected chi connectivity index (χ1v) is 11.3. The normalized spacial score (nSPS) is 14.6. The molecule has 5 heteroatoms. The highest BCUT2D eigenvalue weighted by Gasteiger charge is 2.34. The maximum absolute atomic E-state index is 13.0. The van der Waals surface area contributed by atoms with Gasteiger partial charge in [0.25, 0.3) is 5.91 Å². The number of amides is 1. The summed E-state index contributed by atoms with van der Waals surface area (Å²) in [6.07, 6.45) is 2.41. The Balaban J connectivity index is 1.44. The molecule has 31 heavy (non-hydrogen) atoms. The number of hydrogen-bond acceptors (Lipinski definition) is 2. The molecule has 0 radical (unpaired) electrons. The van der Waals surface area contributed by atoms with Gasteiger partial charge in [-0.2, -0.15) is 5.10 Å². The van der Waals surface area contributed by atoms with Crippen LogP contribution in [0.25, 0.3) is 5.69 Å². The SMILES string of the molecule is Cc1nn(-c2ccccc2)c(C)c1NC(=O)C[NH+](Cc1ccc(C(C)C)cc1)C1CC1. The Labute approximate surface area is 185 Å². The summed E-state index contributed by atoms with van der Waals surface area (Å²) in [5.41, 5.74) is 6.27. The smallest absolute Gasteiger partial charge is 0.279 e. The average Bonchev–Trinajstić information content (AvgIpc) is 3.57. The zero-order valence-electron chi connectivity index (χ0n) is 19.0. The molecule has 1 aromatic heterocycles. The van der Waals surface area contributed by atoms with Gasteiger partial charge in [-0.1, -0.05) is 56.3 Å². The largest absolute Gasteiger partial charge is 0.321 e. The molecule has 0 bridgehead atoms. The van der Waals surface area contributed by atoms with Gasteiger partial charge in [-0.15, -0.1) is 0 Å². The molecule has 1 unspecified atom stereocenters. The highest BCUT2D eigenvalue weighted by Crippen LogP contribution is 2.23. The maximum atomic E-state index is 13.0. The number of rotatable bonds is 8. The minimum atomic E-state index is 0.0551. The number of nitrogens with zero attached hydrogens (tertiary/aromatic N) is 2. The third kappa shape index (κ3) is 5.05. The summed E-state index contributed by atoms with van der Waals surface area (Å²) in [6, 6.07) is 19.5. The van der Waals surface area contributed by atoms with Crippen LogP contribution in [-0.2, 0) is 11.3 Å². The summed E-state index contributed by atoms with van der Waals surface area (Å²) in [4.78, 5) is 14.3. The Hall–Kier alpha value is -2.92. The van der Waals surface area contributed by atoms with Crippen LogP contribution in [0.15, 0.2) is 54.6 Å². The van der Waals surface area contributed by atoms with E-state index < -0.39 is 0 Å². The molecule has 3 aromatic rings. The van der Waals surface area contributed by atoms with Crippen molar-refractivity contribution in [2.24, 2.45) is 0 Å². The molecule has 1 fully saturated rings. The van der Waals surface area contributed by atoms with Gasteiger partial charge in [-0.25, -0.2) is 4.68 Å². The number of hydrogen-bond donors (Lipinski definition) is 2. The lowest BCUT2D eigenvalue weighted by Crippen LogP contribution is -3.13. The molecular formula is C26H33N4O+. The lowest BCUT2D eigenvalue weighted by atomic mass is 10.0. The third-order valence-electron chi connectivity index (χ3n) is 6.18. The van der Waals surface area contributed by atoms with Crippen molar-refractivity contribution in [2.75, 3.05) is 11.9 Å². The van der Waals surface area contributed by atoms with Gasteiger partial charge < -0.3 is 10.2 Å². The predicted octanol–water partition coefficient (Wildman–Crippen LogP) is 3.80. The molecule has 1 heterocycles. The van der Waals surface area contributed by atoms with Crippen LogP contribution in [0, 0.1) is 13.8 Å². The lowest BCUT2D eigenvalue weighted by molar-refractivity contribution is -0.916. The molecule has 4 rings (SSSR count). The van der Waals surface area contributed by atoms with Gasteiger partial charge in [-0.05, 0) is 37.5 Å². The Morgan fingerprint density at radius 1 is 1.10 bits per heavy atom. The highest BCUT2D eigenvalue weighted by atomic mass is 16.2. The summed E-state index contributed by atoms with van der Waals surface area (Å²) in [6.45, 7) is 9.74. The van der Waals surface area contributed by atoms with Gasteiger partial charge in [-0.3, -0.25) is 4.79 Å². The molecule has 162 valence electrons. The summed E-state index contributed by atoms with van der Waals surface area (Å²) in [5, 5.41) is 7.79. The Morgan fingerprint density at radius 3 is 2.39 bits per heavy atom. The first kappa shape index (κ1) is 21.3. The summed E-state index contributed by atoms with van der Waals surface area (Å²) < 4.78 is 1.90. The fourth-order valence-electron chi connectivity index (χ4n) is 4.16. The van der Waals surface area contributed by atoms with E-state index in [1.807, 2.05) is 48.9 Å². The second-order valence-corrected chi connectivity index (χ2v) is 9.02. The molecule has 1 aliphatic carbocycles. The standard InChI is InChI=1S/C26H32N4O/c1-18(2)22-12-10-21(11-13-22)16-29(23-14-15-23)17-25(31)27-26-19(3)28-30(20(26)4)24-8-6-5-7-9-24/h5-13,18,23H,14-17H2,1-4H3,(H,27,31)/p+1. The van der Waals surface area contributed by atoms with Gasteiger partial charge in [0, 0.05) is 18.4 Å². The molecule has 0 saturated heterocycles. The molecule has 1 aliphatic rings. The maximum Gasteiger partial charge on any atom is 0.279 e. The third-order valence-corrected chi connectivity index (χ3v) is 6.18. The van der Waals surface area contributed by atoms with E-state index in [0.717, 1.165) is 29.3 Å². The van der Waals surface area contributed by atoms with E-state index in [1.165, 1.54) is 28.9 Å². The number of carbonyl (C=O) groups is 1. The average molecular weight is 418 g/mol. The first-order chi connectivity index (χ1) is 14.9. The monoisotopic (exact) mass is 417 g/mol. The van der Waals surface area contributed by atoms with Gasteiger partial charge in [0.15, 0.2) is 6.54 Å². The summed E-state index contributed by atoms with van der Waals surface area (Å²) >= 11 is 0. The number of quaternary nitrogens is 1. The molecular weight excluding hydrogens is 384 g/mol. The van der Waals surface area contributed by atoms with Crippen molar-refractivity contribution in [2.45, 2.75) is 59.0 Å². The molecule has 1 atom stereocenters. The number of para-hydroxylation sites is 1. The molecule has 0 spiro atoms. The number of nitrogens with one attached hydrogen (secondary N) is 2. The van der Waals surface area contributed by atoms with Crippen LogP contribution in [0.2, 0.25) is 0 Å². The van der Waals surface area contributed by atoms with Crippen molar-refractivity contribution < 1.29 is 9.69 Å². The number of anilines is 1. The number of carbonyl (C=O) groups excluding carboxylic acids is 1. The van der Waals surface area contributed by atoms with Crippen LogP contribution in [-0.4, -0.2) is 28.3 Å². The van der Waals surface area contributed by atoms with Gasteiger partial charge in [0.1, 0.15) is 6.54 Å². The van der Waals surface area contributed by atoms with E-state index >= 15 is 0 Å². The van der Waals surface area contributed by atoms with Gasteiger partial charge in [0.2, 0.25) is 0 Å². The van der Waals surface area contributed by atoms with Crippen LogP contribution in [0.4, 0.5) is 5.69 Å². The Kier molecular flexibility index (Phi) is 6.23. The van der Waals surface area contributed by atoms with Crippen LogP contribution in [0.3, 0.4) is 0 Å². The minimum absolute atomic E-state index is 0.0551. The van der Waals surface area contributed by atoms with Crippen molar-refractivity contribution >= 4 is 11.6 Å². The molecule has 2 N–H and O–H groups in total. The van der Waals surface area contributed by atoms with Crippen LogP contribution >= 0.6 is 0 Å². The summed E-state index contributed by atoms with van der Waals surface area (Å²) in [7, 11) is 0. The van der Waals surface area contributed by atoms with Crippen molar-refractivity contribution in [3.8, 4) is 5.69 Å².